The standard InChI is InChI=1S/C18H30O3/c1-2-3-4-5-6-7-8-9-10-11-12-13-14-15-16-17(19)18(20)21/h12-16,19H,2-11H2,1H3,(H,20,21)/b13-12-,15-14?,17-16?. The molecule has 0 spiro atoms. The van der Waals surface area contributed by atoms with Gasteiger partial charge in [-0.1, -0.05) is 82.6 Å². The number of hydrogen-bond donors (Lipinski definition) is 2. The van der Waals surface area contributed by atoms with Gasteiger partial charge in [0.2, 0.25) is 5.76 Å². The summed E-state index contributed by atoms with van der Waals surface area (Å²) in [7, 11) is 0. The van der Waals surface area contributed by atoms with Gasteiger partial charge in [-0.05, 0) is 18.9 Å². The lowest BCUT2D eigenvalue weighted by Crippen LogP contribution is -1.97. The molecule has 0 aliphatic rings. The van der Waals surface area contributed by atoms with E-state index in [9.17, 15) is 4.79 Å². The molecule has 0 fully saturated rings. The van der Waals surface area contributed by atoms with E-state index in [-0.39, 0.29) is 0 Å². The molecule has 0 radical (unpaired) electrons. The molecule has 0 saturated heterocycles. The summed E-state index contributed by atoms with van der Waals surface area (Å²) in [4.78, 5) is 10.3. The molecule has 0 amide bonds. The van der Waals surface area contributed by atoms with Crippen LogP contribution in [0.2, 0.25) is 0 Å². The monoisotopic (exact) mass is 294 g/mol. The van der Waals surface area contributed by atoms with E-state index >= 15 is 0 Å². The smallest absolute Gasteiger partial charge is 0.370 e. The van der Waals surface area contributed by atoms with Gasteiger partial charge in [0.25, 0.3) is 0 Å². The molecule has 0 heterocycles. The molecule has 0 aliphatic heterocycles. The van der Waals surface area contributed by atoms with Gasteiger partial charge in [0.05, 0.1) is 0 Å². The van der Waals surface area contributed by atoms with Crippen LogP contribution < -0.4 is 0 Å². The predicted octanol–water partition coefficient (Wildman–Crippen LogP) is 5.55. The van der Waals surface area contributed by atoms with Gasteiger partial charge in [-0.15, -0.1) is 0 Å². The van der Waals surface area contributed by atoms with Crippen LogP contribution >= 0.6 is 0 Å². The van der Waals surface area contributed by atoms with Crippen LogP contribution in [0.1, 0.15) is 71.1 Å². The van der Waals surface area contributed by atoms with Gasteiger partial charge in [0, 0.05) is 0 Å². The van der Waals surface area contributed by atoms with Crippen molar-refractivity contribution in [2.75, 3.05) is 0 Å². The SMILES string of the molecule is CCCCCCCCCCC/C=C\C=CC=C(O)C(=O)O. The first kappa shape index (κ1) is 19.5. The van der Waals surface area contributed by atoms with E-state index in [0.29, 0.717) is 0 Å². The Balaban J connectivity index is 3.39. The number of aliphatic carboxylic acids is 1. The van der Waals surface area contributed by atoms with Gasteiger partial charge in [-0.2, -0.15) is 0 Å². The summed E-state index contributed by atoms with van der Waals surface area (Å²) in [5, 5.41) is 17.3. The number of unbranched alkanes of at least 4 members (excludes halogenated alkanes) is 9. The van der Waals surface area contributed by atoms with Crippen molar-refractivity contribution in [3.05, 3.63) is 36.1 Å². The number of carbonyl (C=O) groups is 1. The molecule has 0 saturated carbocycles. The van der Waals surface area contributed by atoms with Gasteiger partial charge in [-0.3, -0.25) is 0 Å². The lowest BCUT2D eigenvalue weighted by Gasteiger charge is -2.00. The Hall–Kier alpha value is -1.51. The van der Waals surface area contributed by atoms with Crippen molar-refractivity contribution < 1.29 is 15.0 Å². The van der Waals surface area contributed by atoms with Gasteiger partial charge < -0.3 is 10.2 Å². The summed E-state index contributed by atoms with van der Waals surface area (Å²) in [6, 6.07) is 0. The number of hydrogen-bond acceptors (Lipinski definition) is 2. The van der Waals surface area contributed by atoms with Crippen LogP contribution in [-0.2, 0) is 4.79 Å². The summed E-state index contributed by atoms with van der Waals surface area (Å²) in [5.41, 5.74) is 0. The van der Waals surface area contributed by atoms with Gasteiger partial charge in [-0.25, -0.2) is 4.79 Å². The van der Waals surface area contributed by atoms with Crippen molar-refractivity contribution >= 4 is 5.97 Å². The Morgan fingerprint density at radius 2 is 1.38 bits per heavy atom. The quantitative estimate of drug-likeness (QED) is 0.203. The van der Waals surface area contributed by atoms with Crippen molar-refractivity contribution in [2.24, 2.45) is 0 Å². The van der Waals surface area contributed by atoms with E-state index < -0.39 is 11.7 Å². The maximum atomic E-state index is 10.3. The molecule has 0 aromatic carbocycles. The summed E-state index contributed by atoms with van der Waals surface area (Å²) >= 11 is 0. The Morgan fingerprint density at radius 3 is 1.95 bits per heavy atom. The fourth-order valence-electron chi connectivity index (χ4n) is 2.03. The Kier molecular flexibility index (Phi) is 13.8. The molecule has 0 aromatic rings. The average Bonchev–Trinajstić information content (AvgIpc) is 2.47. The fraction of sp³-hybridized carbons (Fsp3) is 0.611. The van der Waals surface area contributed by atoms with E-state index in [2.05, 4.69) is 13.0 Å². The van der Waals surface area contributed by atoms with Crippen LogP contribution in [0.4, 0.5) is 0 Å². The number of rotatable bonds is 13. The molecule has 0 rings (SSSR count). The third-order valence-corrected chi connectivity index (χ3v) is 3.31. The molecular formula is C18H30O3. The van der Waals surface area contributed by atoms with Crippen LogP contribution in [0, 0.1) is 0 Å². The Morgan fingerprint density at radius 1 is 0.810 bits per heavy atom. The topological polar surface area (TPSA) is 57.5 Å². The zero-order valence-corrected chi connectivity index (χ0v) is 13.3. The molecule has 0 aromatic heterocycles. The molecule has 0 aliphatic carbocycles. The summed E-state index contributed by atoms with van der Waals surface area (Å²) < 4.78 is 0. The highest BCUT2D eigenvalue weighted by molar-refractivity contribution is 5.83. The highest BCUT2D eigenvalue weighted by Crippen LogP contribution is 2.10. The van der Waals surface area contributed by atoms with E-state index in [1.807, 2.05) is 6.08 Å². The minimum Gasteiger partial charge on any atom is -0.502 e. The van der Waals surface area contributed by atoms with Crippen molar-refractivity contribution in [2.45, 2.75) is 71.1 Å². The first-order chi connectivity index (χ1) is 10.2. The highest BCUT2D eigenvalue weighted by atomic mass is 16.4. The average molecular weight is 294 g/mol. The third-order valence-electron chi connectivity index (χ3n) is 3.31. The summed E-state index contributed by atoms with van der Waals surface area (Å²) in [6.07, 6.45) is 21.4. The van der Waals surface area contributed by atoms with E-state index in [1.54, 1.807) is 6.08 Å². The minimum absolute atomic E-state index is 0.640. The van der Waals surface area contributed by atoms with Gasteiger partial charge in [0.1, 0.15) is 0 Å². The van der Waals surface area contributed by atoms with Crippen LogP contribution in [0.3, 0.4) is 0 Å². The first-order valence-electron chi connectivity index (χ1n) is 8.14. The van der Waals surface area contributed by atoms with Crippen LogP contribution in [0.25, 0.3) is 0 Å². The number of carboxylic acid groups (broad SMARTS) is 1. The first-order valence-corrected chi connectivity index (χ1v) is 8.14. The number of aliphatic hydroxyl groups excluding tert-OH is 1. The summed E-state index contributed by atoms with van der Waals surface area (Å²) in [6.45, 7) is 2.24. The third kappa shape index (κ3) is 14.7. The van der Waals surface area contributed by atoms with Gasteiger partial charge >= 0.3 is 5.97 Å². The molecule has 120 valence electrons. The van der Waals surface area contributed by atoms with Gasteiger partial charge in [0.15, 0.2) is 0 Å². The minimum atomic E-state index is -1.31. The van der Waals surface area contributed by atoms with E-state index in [4.69, 9.17) is 10.2 Å². The van der Waals surface area contributed by atoms with Crippen molar-refractivity contribution in [1.29, 1.82) is 0 Å². The number of carboxylic acids is 1. The lowest BCUT2D eigenvalue weighted by molar-refractivity contribution is -0.135. The zero-order chi connectivity index (χ0) is 15.8. The molecule has 0 bridgehead atoms. The van der Waals surface area contributed by atoms with Crippen molar-refractivity contribution in [1.82, 2.24) is 0 Å². The lowest BCUT2D eigenvalue weighted by atomic mass is 10.1. The largest absolute Gasteiger partial charge is 0.502 e. The second-order valence-corrected chi connectivity index (χ2v) is 5.29. The van der Waals surface area contributed by atoms with Crippen LogP contribution in [0.5, 0.6) is 0 Å². The highest BCUT2D eigenvalue weighted by Gasteiger charge is 1.99. The van der Waals surface area contributed by atoms with Crippen molar-refractivity contribution in [3.8, 4) is 0 Å². The van der Waals surface area contributed by atoms with E-state index in [0.717, 1.165) is 6.42 Å². The van der Waals surface area contributed by atoms with Crippen LogP contribution in [0.15, 0.2) is 36.1 Å². The molecule has 3 nitrogen and oxygen atoms in total. The molecule has 2 N–H and O–H groups in total. The molecule has 0 unspecified atom stereocenters. The summed E-state index contributed by atoms with van der Waals surface area (Å²) in [5.74, 6) is -1.95. The van der Waals surface area contributed by atoms with Crippen LogP contribution in [-0.4, -0.2) is 16.2 Å². The Bertz CT molecular complexity index is 340. The number of aliphatic hydroxyl groups is 1. The second kappa shape index (κ2) is 14.9. The molecular weight excluding hydrogens is 264 g/mol. The van der Waals surface area contributed by atoms with E-state index in [1.165, 1.54) is 69.9 Å². The number of allylic oxidation sites excluding steroid dienone is 5. The molecule has 21 heavy (non-hydrogen) atoms. The Labute approximate surface area is 129 Å². The zero-order valence-electron chi connectivity index (χ0n) is 13.3. The predicted molar refractivity (Wildman–Crippen MR) is 88.5 cm³/mol. The molecule has 0 atom stereocenters. The fourth-order valence-corrected chi connectivity index (χ4v) is 2.03. The second-order valence-electron chi connectivity index (χ2n) is 5.29. The maximum Gasteiger partial charge on any atom is 0.370 e. The maximum absolute atomic E-state index is 10.3. The van der Waals surface area contributed by atoms with Crippen molar-refractivity contribution in [3.63, 3.8) is 0 Å². The normalized spacial score (nSPS) is 12.5. The molecule has 3 heteroatoms.